The quantitative estimate of drug-likeness (QED) is 0.784. The lowest BCUT2D eigenvalue weighted by Gasteiger charge is -2.23. The van der Waals surface area contributed by atoms with Crippen LogP contribution in [0.5, 0.6) is 0 Å². The van der Waals surface area contributed by atoms with E-state index in [1.807, 2.05) is 6.07 Å². The highest BCUT2D eigenvalue weighted by Gasteiger charge is 2.27. The molecule has 1 aliphatic heterocycles. The maximum atomic E-state index is 6.02. The predicted molar refractivity (Wildman–Crippen MR) is 66.4 cm³/mol. The first-order valence-corrected chi connectivity index (χ1v) is 6.11. The molecule has 16 heavy (non-hydrogen) atoms. The van der Waals surface area contributed by atoms with E-state index >= 15 is 0 Å². The summed E-state index contributed by atoms with van der Waals surface area (Å²) in [5.74, 6) is 0.566. The molecule has 2 heteroatoms. The second-order valence-electron chi connectivity index (χ2n) is 4.89. The van der Waals surface area contributed by atoms with Crippen molar-refractivity contribution >= 4 is 0 Å². The minimum absolute atomic E-state index is 0.175. The average Bonchev–Trinajstić information content (AvgIpc) is 2.41. The fourth-order valence-corrected chi connectivity index (χ4v) is 2.24. The van der Waals surface area contributed by atoms with Crippen molar-refractivity contribution in [2.75, 3.05) is 6.61 Å². The van der Waals surface area contributed by atoms with Crippen LogP contribution in [-0.4, -0.2) is 18.7 Å². The summed E-state index contributed by atoms with van der Waals surface area (Å²) in [5.41, 5.74) is 1.27. The Morgan fingerprint density at radius 2 is 1.75 bits per heavy atom. The molecule has 2 nitrogen and oxygen atoms in total. The van der Waals surface area contributed by atoms with E-state index in [9.17, 15) is 0 Å². The van der Waals surface area contributed by atoms with Crippen LogP contribution in [0.3, 0.4) is 0 Å². The maximum Gasteiger partial charge on any atom is 0.0975 e. The van der Waals surface area contributed by atoms with E-state index in [0.29, 0.717) is 18.0 Å². The molecule has 1 heterocycles. The molecule has 1 N–H and O–H groups in total. The lowest BCUT2D eigenvalue weighted by atomic mass is 10.0. The number of hydrogen-bond donors (Lipinski definition) is 1. The van der Waals surface area contributed by atoms with E-state index in [-0.39, 0.29) is 6.10 Å². The fourth-order valence-electron chi connectivity index (χ4n) is 2.24. The molecule has 2 rings (SSSR count). The monoisotopic (exact) mass is 219 g/mol. The van der Waals surface area contributed by atoms with Crippen LogP contribution in [0.25, 0.3) is 0 Å². The molecule has 0 spiro atoms. The molecule has 1 aromatic rings. The summed E-state index contributed by atoms with van der Waals surface area (Å²) in [5, 5.41) is 3.62. The molecule has 4 atom stereocenters. The Labute approximate surface area is 98.0 Å². The summed E-state index contributed by atoms with van der Waals surface area (Å²) < 4.78 is 6.02. The molecule has 0 amide bonds. The lowest BCUT2D eigenvalue weighted by molar-refractivity contribution is 0.0330. The number of rotatable bonds is 1. The van der Waals surface area contributed by atoms with Crippen LogP contribution in [0, 0.1) is 5.92 Å². The van der Waals surface area contributed by atoms with Gasteiger partial charge in [0.2, 0.25) is 0 Å². The first kappa shape index (κ1) is 11.6. The van der Waals surface area contributed by atoms with Gasteiger partial charge in [-0.05, 0) is 25.3 Å². The van der Waals surface area contributed by atoms with Crippen LogP contribution in [0.2, 0.25) is 0 Å². The first-order valence-electron chi connectivity index (χ1n) is 6.11. The summed E-state index contributed by atoms with van der Waals surface area (Å²) in [6, 6.07) is 11.4. The van der Waals surface area contributed by atoms with Crippen LogP contribution in [-0.2, 0) is 4.74 Å². The fraction of sp³-hybridized carbons (Fsp3) is 0.571. The van der Waals surface area contributed by atoms with Crippen molar-refractivity contribution in [1.82, 2.24) is 5.32 Å². The van der Waals surface area contributed by atoms with Crippen LogP contribution in [0.1, 0.15) is 32.4 Å². The molecular formula is C14H21NO. The zero-order valence-electron chi connectivity index (χ0n) is 10.3. The third kappa shape index (κ3) is 2.45. The summed E-state index contributed by atoms with van der Waals surface area (Å²) in [7, 11) is 0. The van der Waals surface area contributed by atoms with Crippen molar-refractivity contribution in [2.24, 2.45) is 5.92 Å². The SMILES string of the molecule is CC1COC(c2ccccc2)C(C)NC1C. The third-order valence-corrected chi connectivity index (χ3v) is 3.50. The Bertz CT molecular complexity index is 325. The van der Waals surface area contributed by atoms with Crippen LogP contribution in [0.4, 0.5) is 0 Å². The molecule has 0 radical (unpaired) electrons. The van der Waals surface area contributed by atoms with Crippen LogP contribution < -0.4 is 5.32 Å². The standard InChI is InChI=1S/C14H21NO/c1-10-9-16-14(12(3)15-11(10)2)13-7-5-4-6-8-13/h4-8,10-12,14-15H,9H2,1-3H3. The zero-order valence-corrected chi connectivity index (χ0v) is 10.3. The Hall–Kier alpha value is -0.860. The molecule has 1 fully saturated rings. The summed E-state index contributed by atoms with van der Waals surface area (Å²) in [6.07, 6.45) is 0.175. The van der Waals surface area contributed by atoms with E-state index in [0.717, 1.165) is 6.61 Å². The number of ether oxygens (including phenoxy) is 1. The second-order valence-corrected chi connectivity index (χ2v) is 4.89. The largest absolute Gasteiger partial charge is 0.372 e. The lowest BCUT2D eigenvalue weighted by Crippen LogP contribution is -2.39. The maximum absolute atomic E-state index is 6.02. The number of nitrogens with one attached hydrogen (secondary N) is 1. The van der Waals surface area contributed by atoms with E-state index in [1.54, 1.807) is 0 Å². The van der Waals surface area contributed by atoms with Gasteiger partial charge in [0.25, 0.3) is 0 Å². The molecule has 1 aliphatic rings. The van der Waals surface area contributed by atoms with Crippen molar-refractivity contribution in [3.63, 3.8) is 0 Å². The predicted octanol–water partition coefficient (Wildman–Crippen LogP) is 2.76. The summed E-state index contributed by atoms with van der Waals surface area (Å²) in [4.78, 5) is 0. The average molecular weight is 219 g/mol. The van der Waals surface area contributed by atoms with Crippen molar-refractivity contribution in [3.8, 4) is 0 Å². The topological polar surface area (TPSA) is 21.3 Å². The molecule has 0 aliphatic carbocycles. The summed E-state index contributed by atoms with van der Waals surface area (Å²) in [6.45, 7) is 7.50. The Kier molecular flexibility index (Phi) is 3.62. The molecule has 4 unspecified atom stereocenters. The first-order chi connectivity index (χ1) is 7.68. The molecule has 88 valence electrons. The van der Waals surface area contributed by atoms with Gasteiger partial charge in [0.05, 0.1) is 12.7 Å². The molecule has 1 aromatic carbocycles. The van der Waals surface area contributed by atoms with Crippen molar-refractivity contribution in [2.45, 2.75) is 39.0 Å². The van der Waals surface area contributed by atoms with Crippen LogP contribution in [0.15, 0.2) is 30.3 Å². The Morgan fingerprint density at radius 1 is 1.06 bits per heavy atom. The molecular weight excluding hydrogens is 198 g/mol. The van der Waals surface area contributed by atoms with Gasteiger partial charge < -0.3 is 10.1 Å². The number of benzene rings is 1. The van der Waals surface area contributed by atoms with E-state index in [2.05, 4.69) is 50.4 Å². The summed E-state index contributed by atoms with van der Waals surface area (Å²) >= 11 is 0. The normalized spacial score (nSPS) is 35.7. The minimum atomic E-state index is 0.175. The van der Waals surface area contributed by atoms with Gasteiger partial charge in [-0.2, -0.15) is 0 Å². The van der Waals surface area contributed by atoms with Gasteiger partial charge in [-0.25, -0.2) is 0 Å². The highest BCUT2D eigenvalue weighted by Crippen LogP contribution is 2.26. The molecule has 0 bridgehead atoms. The molecule has 0 aromatic heterocycles. The van der Waals surface area contributed by atoms with Crippen molar-refractivity contribution in [3.05, 3.63) is 35.9 Å². The van der Waals surface area contributed by atoms with Gasteiger partial charge >= 0.3 is 0 Å². The smallest absolute Gasteiger partial charge is 0.0975 e. The molecule has 1 saturated heterocycles. The third-order valence-electron chi connectivity index (χ3n) is 3.50. The number of hydrogen-bond acceptors (Lipinski definition) is 2. The van der Waals surface area contributed by atoms with Gasteiger partial charge in [-0.1, -0.05) is 37.3 Å². The zero-order chi connectivity index (χ0) is 11.5. The Morgan fingerprint density at radius 3 is 2.44 bits per heavy atom. The van der Waals surface area contributed by atoms with Gasteiger partial charge in [0.15, 0.2) is 0 Å². The second kappa shape index (κ2) is 4.98. The van der Waals surface area contributed by atoms with Gasteiger partial charge in [0.1, 0.15) is 0 Å². The van der Waals surface area contributed by atoms with E-state index < -0.39 is 0 Å². The van der Waals surface area contributed by atoms with Gasteiger partial charge in [-0.15, -0.1) is 0 Å². The van der Waals surface area contributed by atoms with Gasteiger partial charge in [0, 0.05) is 12.1 Å². The molecule has 0 saturated carbocycles. The van der Waals surface area contributed by atoms with Crippen molar-refractivity contribution < 1.29 is 4.74 Å². The van der Waals surface area contributed by atoms with E-state index in [1.165, 1.54) is 5.56 Å². The highest BCUT2D eigenvalue weighted by molar-refractivity contribution is 5.19. The van der Waals surface area contributed by atoms with E-state index in [4.69, 9.17) is 4.74 Å². The van der Waals surface area contributed by atoms with Gasteiger partial charge in [-0.3, -0.25) is 0 Å². The minimum Gasteiger partial charge on any atom is -0.372 e. The van der Waals surface area contributed by atoms with Crippen molar-refractivity contribution in [1.29, 1.82) is 0 Å². The van der Waals surface area contributed by atoms with Crippen LogP contribution >= 0.6 is 0 Å². The Balaban J connectivity index is 2.16. The highest BCUT2D eigenvalue weighted by atomic mass is 16.5.